The van der Waals surface area contributed by atoms with Crippen molar-refractivity contribution in [3.63, 3.8) is 0 Å². The molecule has 1 atom stereocenters. The van der Waals surface area contributed by atoms with E-state index in [2.05, 4.69) is 10.2 Å². The Labute approximate surface area is 115 Å². The Hall–Kier alpha value is -1.85. The maximum absolute atomic E-state index is 10.5. The second-order valence-corrected chi connectivity index (χ2v) is 4.84. The highest BCUT2D eigenvalue weighted by Gasteiger charge is 2.23. The Kier molecular flexibility index (Phi) is 2.80. The first-order valence-corrected chi connectivity index (χ1v) is 6.24. The largest absolute Gasteiger partial charge is 0.380 e. The monoisotopic (exact) mass is 276 g/mol. The predicted octanol–water partition coefficient (Wildman–Crippen LogP) is 2.04. The van der Waals surface area contributed by atoms with Crippen LogP contribution in [0.2, 0.25) is 5.02 Å². The zero-order valence-electron chi connectivity index (χ0n) is 10.6. The van der Waals surface area contributed by atoms with Crippen LogP contribution in [0.5, 0.6) is 0 Å². The van der Waals surface area contributed by atoms with Crippen molar-refractivity contribution in [2.75, 3.05) is 0 Å². The quantitative estimate of drug-likeness (QED) is 0.779. The van der Waals surface area contributed by atoms with E-state index in [1.807, 2.05) is 31.3 Å². The zero-order chi connectivity index (χ0) is 13.6. The van der Waals surface area contributed by atoms with Crippen LogP contribution in [0.1, 0.15) is 17.5 Å². The molecule has 0 spiro atoms. The van der Waals surface area contributed by atoms with Gasteiger partial charge in [-0.05, 0) is 6.07 Å². The average molecular weight is 277 g/mol. The van der Waals surface area contributed by atoms with Gasteiger partial charge in [-0.2, -0.15) is 10.2 Å². The lowest BCUT2D eigenvalue weighted by Crippen LogP contribution is -2.08. The summed E-state index contributed by atoms with van der Waals surface area (Å²) in [5.74, 6) is 0. The van der Waals surface area contributed by atoms with Gasteiger partial charge in [0.15, 0.2) is 0 Å². The lowest BCUT2D eigenvalue weighted by molar-refractivity contribution is 0.205. The topological polar surface area (TPSA) is 55.9 Å². The van der Waals surface area contributed by atoms with Crippen molar-refractivity contribution in [1.82, 2.24) is 19.6 Å². The van der Waals surface area contributed by atoms with Crippen LogP contribution < -0.4 is 0 Å². The highest BCUT2D eigenvalue weighted by Crippen LogP contribution is 2.31. The maximum atomic E-state index is 10.5. The fraction of sp³-hybridized carbons (Fsp3) is 0.231. The predicted molar refractivity (Wildman–Crippen MR) is 73.0 cm³/mol. The molecule has 98 valence electrons. The number of hydrogen-bond acceptors (Lipinski definition) is 3. The molecule has 0 aliphatic heterocycles. The van der Waals surface area contributed by atoms with Gasteiger partial charge < -0.3 is 5.11 Å². The van der Waals surface area contributed by atoms with Crippen molar-refractivity contribution in [2.45, 2.75) is 6.10 Å². The van der Waals surface area contributed by atoms with Gasteiger partial charge >= 0.3 is 0 Å². The zero-order valence-corrected chi connectivity index (χ0v) is 11.3. The Morgan fingerprint density at radius 2 is 1.95 bits per heavy atom. The minimum atomic E-state index is -0.897. The van der Waals surface area contributed by atoms with Gasteiger partial charge in [0, 0.05) is 19.5 Å². The molecule has 0 aliphatic rings. The van der Waals surface area contributed by atoms with Gasteiger partial charge in [-0.15, -0.1) is 0 Å². The molecule has 5 nitrogen and oxygen atoms in total. The molecule has 3 aromatic rings. The van der Waals surface area contributed by atoms with Crippen molar-refractivity contribution < 1.29 is 5.11 Å². The average Bonchev–Trinajstić information content (AvgIpc) is 2.91. The van der Waals surface area contributed by atoms with Crippen LogP contribution in [0.4, 0.5) is 0 Å². The smallest absolute Gasteiger partial charge is 0.141 e. The van der Waals surface area contributed by atoms with Crippen molar-refractivity contribution in [3.8, 4) is 0 Å². The molecule has 2 heterocycles. The lowest BCUT2D eigenvalue weighted by Gasteiger charge is -2.09. The van der Waals surface area contributed by atoms with Gasteiger partial charge in [0.1, 0.15) is 11.8 Å². The number of hydrogen-bond donors (Lipinski definition) is 1. The molecule has 0 aliphatic carbocycles. The third-order valence-electron chi connectivity index (χ3n) is 3.24. The number of aliphatic hydroxyl groups is 1. The summed E-state index contributed by atoms with van der Waals surface area (Å²) >= 11 is 6.07. The number of halogens is 1. The van der Waals surface area contributed by atoms with E-state index in [1.165, 1.54) is 6.20 Å². The van der Waals surface area contributed by atoms with Crippen molar-refractivity contribution in [1.29, 1.82) is 0 Å². The molecule has 0 saturated heterocycles. The highest BCUT2D eigenvalue weighted by atomic mass is 35.5. The maximum Gasteiger partial charge on any atom is 0.141 e. The summed E-state index contributed by atoms with van der Waals surface area (Å²) in [6.07, 6.45) is 0.622. The molecular weight excluding hydrogens is 264 g/mol. The molecule has 0 radical (unpaired) electrons. The fourth-order valence-corrected chi connectivity index (χ4v) is 2.57. The summed E-state index contributed by atoms with van der Waals surface area (Å²) in [5, 5.41) is 20.3. The van der Waals surface area contributed by atoms with Crippen LogP contribution in [0.25, 0.3) is 10.9 Å². The van der Waals surface area contributed by atoms with E-state index in [0.717, 1.165) is 10.9 Å². The van der Waals surface area contributed by atoms with Gasteiger partial charge in [-0.3, -0.25) is 9.36 Å². The van der Waals surface area contributed by atoms with Crippen LogP contribution in [0, 0.1) is 0 Å². The molecule has 0 saturated carbocycles. The van der Waals surface area contributed by atoms with E-state index < -0.39 is 6.10 Å². The number of aromatic nitrogens is 4. The molecule has 0 fully saturated rings. The molecule has 19 heavy (non-hydrogen) atoms. The first-order chi connectivity index (χ1) is 9.09. The van der Waals surface area contributed by atoms with E-state index in [-0.39, 0.29) is 0 Å². The summed E-state index contributed by atoms with van der Waals surface area (Å²) in [6.45, 7) is 0. The van der Waals surface area contributed by atoms with Crippen LogP contribution >= 0.6 is 11.6 Å². The minimum Gasteiger partial charge on any atom is -0.380 e. The van der Waals surface area contributed by atoms with Crippen LogP contribution in [0.3, 0.4) is 0 Å². The van der Waals surface area contributed by atoms with E-state index in [9.17, 15) is 5.11 Å². The van der Waals surface area contributed by atoms with Gasteiger partial charge in [0.2, 0.25) is 0 Å². The van der Waals surface area contributed by atoms with E-state index in [4.69, 9.17) is 11.6 Å². The second kappa shape index (κ2) is 4.36. The van der Waals surface area contributed by atoms with Crippen molar-refractivity contribution in [2.24, 2.45) is 14.1 Å². The molecule has 2 aromatic heterocycles. The van der Waals surface area contributed by atoms with Crippen molar-refractivity contribution >= 4 is 22.5 Å². The van der Waals surface area contributed by atoms with E-state index >= 15 is 0 Å². The summed E-state index contributed by atoms with van der Waals surface area (Å²) in [7, 11) is 3.60. The lowest BCUT2D eigenvalue weighted by atomic mass is 10.1. The van der Waals surface area contributed by atoms with Gasteiger partial charge in [-0.1, -0.05) is 29.8 Å². The number of rotatable bonds is 2. The Bertz CT molecular complexity index is 727. The molecule has 1 aromatic carbocycles. The summed E-state index contributed by atoms with van der Waals surface area (Å²) < 4.78 is 3.31. The third kappa shape index (κ3) is 1.82. The van der Waals surface area contributed by atoms with E-state index in [1.54, 1.807) is 16.4 Å². The molecule has 1 N–H and O–H groups in total. The molecule has 3 rings (SSSR count). The third-order valence-corrected chi connectivity index (χ3v) is 3.53. The van der Waals surface area contributed by atoms with Gasteiger partial charge in [0.05, 0.1) is 22.4 Å². The molecule has 6 heteroatoms. The summed E-state index contributed by atoms with van der Waals surface area (Å²) in [6, 6.07) is 7.76. The van der Waals surface area contributed by atoms with Gasteiger partial charge in [0.25, 0.3) is 0 Å². The second-order valence-electron chi connectivity index (χ2n) is 4.43. The number of aliphatic hydroxyl groups excluding tert-OH is 1. The molecular formula is C13H13ClN4O. The first kappa shape index (κ1) is 12.2. The fourth-order valence-electron chi connectivity index (χ4n) is 2.30. The number of nitrogens with zero attached hydrogens (tertiary/aromatic N) is 4. The minimum absolute atomic E-state index is 0.435. The van der Waals surface area contributed by atoms with Crippen LogP contribution in [0.15, 0.2) is 30.5 Å². The standard InChI is InChI=1S/C13H13ClN4O/c1-17-10-6-4-3-5-8(10)11(16-17)13(19)12-9(14)7-15-18(12)2/h3-7,13,19H,1-2H3. The number of aryl methyl sites for hydroxylation is 2. The first-order valence-electron chi connectivity index (χ1n) is 5.86. The number of para-hydroxylation sites is 1. The Morgan fingerprint density at radius 1 is 1.21 bits per heavy atom. The number of fused-ring (bicyclic) bond motifs is 1. The van der Waals surface area contributed by atoms with Crippen molar-refractivity contribution in [3.05, 3.63) is 46.9 Å². The van der Waals surface area contributed by atoms with Crippen LogP contribution in [-0.4, -0.2) is 24.7 Å². The molecule has 1 unspecified atom stereocenters. The summed E-state index contributed by atoms with van der Waals surface area (Å²) in [4.78, 5) is 0. The van der Waals surface area contributed by atoms with E-state index in [0.29, 0.717) is 16.4 Å². The highest BCUT2D eigenvalue weighted by molar-refractivity contribution is 6.31. The normalized spacial score (nSPS) is 13.1. The van der Waals surface area contributed by atoms with Crippen LogP contribution in [-0.2, 0) is 14.1 Å². The Balaban J connectivity index is 2.20. The summed E-state index contributed by atoms with van der Waals surface area (Å²) in [5.41, 5.74) is 2.10. The number of benzene rings is 1. The molecule has 0 amide bonds. The molecule has 0 bridgehead atoms. The SMILES string of the molecule is Cn1ncc(Cl)c1C(O)c1nn(C)c2ccccc12. The Morgan fingerprint density at radius 3 is 2.63 bits per heavy atom. The van der Waals surface area contributed by atoms with Gasteiger partial charge in [-0.25, -0.2) is 0 Å².